The Balaban J connectivity index is 1.82. The van der Waals surface area contributed by atoms with Crippen molar-refractivity contribution in [3.05, 3.63) is 61.2 Å². The van der Waals surface area contributed by atoms with E-state index >= 15 is 0 Å². The molecule has 1 aromatic rings. The van der Waals surface area contributed by atoms with E-state index < -0.39 is 41.1 Å². The van der Waals surface area contributed by atoms with E-state index in [2.05, 4.69) is 20.1 Å². The first-order valence-corrected chi connectivity index (χ1v) is 15.1. The van der Waals surface area contributed by atoms with Gasteiger partial charge in [0.1, 0.15) is 17.6 Å². The van der Waals surface area contributed by atoms with Gasteiger partial charge in [0.25, 0.3) is 0 Å². The highest BCUT2D eigenvalue weighted by atomic mass is 16.6. The Bertz CT molecular complexity index is 1120. The summed E-state index contributed by atoms with van der Waals surface area (Å²) in [7, 11) is 0. The van der Waals surface area contributed by atoms with Crippen LogP contribution < -0.4 is 0 Å². The monoisotopic (exact) mass is 566 g/mol. The molecule has 0 radical (unpaired) electrons. The number of benzene rings is 1. The molecule has 3 aliphatic heterocycles. The molecular weight excluding hydrogens is 520 g/mol. The number of likely N-dealkylation sites (tertiary alicyclic amines) is 1. The molecule has 2 bridgehead atoms. The van der Waals surface area contributed by atoms with E-state index in [4.69, 9.17) is 9.47 Å². The maximum Gasteiger partial charge on any atom is 0.312 e. The number of nitrogens with zero attached hydrogens (tertiary/aromatic N) is 2. The number of ether oxygens (including phenoxy) is 2. The lowest BCUT2D eigenvalue weighted by Gasteiger charge is -2.41. The van der Waals surface area contributed by atoms with Crippen molar-refractivity contribution in [2.75, 3.05) is 19.8 Å². The van der Waals surface area contributed by atoms with Gasteiger partial charge in [-0.3, -0.25) is 14.4 Å². The lowest BCUT2D eigenvalue weighted by molar-refractivity contribution is -0.164. The molecule has 1 spiro atoms. The molecule has 1 aromatic carbocycles. The highest BCUT2D eigenvalue weighted by Crippen LogP contribution is 2.65. The zero-order valence-electron chi connectivity index (χ0n) is 24.8. The molecule has 3 heterocycles. The van der Waals surface area contributed by atoms with Crippen LogP contribution in [0, 0.1) is 11.8 Å². The van der Waals surface area contributed by atoms with Gasteiger partial charge in [-0.1, -0.05) is 62.8 Å². The van der Waals surface area contributed by atoms with Gasteiger partial charge >= 0.3 is 5.97 Å². The Labute approximate surface area is 244 Å². The normalized spacial score (nSPS) is 29.6. The summed E-state index contributed by atoms with van der Waals surface area (Å²) in [6, 6.07) is 7.90. The third-order valence-corrected chi connectivity index (χ3v) is 9.44. The number of hydrogen-bond acceptors (Lipinski definition) is 6. The molecule has 0 aromatic heterocycles. The van der Waals surface area contributed by atoms with E-state index in [9.17, 15) is 19.5 Å². The van der Waals surface area contributed by atoms with E-state index in [1.165, 1.54) is 0 Å². The molecule has 0 saturated carbocycles. The fraction of sp³-hybridized carbons (Fsp3) is 0.606. The first-order valence-electron chi connectivity index (χ1n) is 15.1. The second-order valence-corrected chi connectivity index (χ2v) is 11.8. The number of hydrogen-bond donors (Lipinski definition) is 1. The standard InChI is InChI=1S/C33H46N2O6/c1-6-10-20-40-31(39)27-26-29(37)35(25(22-36)21-24-15-12-11-13-16-24)28(33(26)18-17-32(27,9-4)41-33)30(38)34(19-8-3)23(5)14-7-2/h6,8,11-13,15-16,23,25-28,36H,1,3,7,9-10,14,17-22H2,2,4-5H3/t23?,25-,26+,27+,28?,32-,33?/m1/s1. The Hall–Kier alpha value is -2.97. The van der Waals surface area contributed by atoms with Crippen molar-refractivity contribution in [3.8, 4) is 0 Å². The van der Waals surface area contributed by atoms with Crippen LogP contribution >= 0.6 is 0 Å². The summed E-state index contributed by atoms with van der Waals surface area (Å²) >= 11 is 0. The molecule has 2 amide bonds. The van der Waals surface area contributed by atoms with Crippen LogP contribution in [-0.2, 0) is 30.3 Å². The number of esters is 1. The Morgan fingerprint density at radius 3 is 2.56 bits per heavy atom. The number of carbonyl (C=O) groups excluding carboxylic acids is 3. The van der Waals surface area contributed by atoms with Crippen molar-refractivity contribution in [2.24, 2.45) is 11.8 Å². The lowest BCUT2D eigenvalue weighted by Crippen LogP contribution is -2.60. The molecule has 8 heteroatoms. The molecule has 3 fully saturated rings. The van der Waals surface area contributed by atoms with Crippen LogP contribution in [0.2, 0.25) is 0 Å². The largest absolute Gasteiger partial charge is 0.465 e. The molecule has 3 saturated heterocycles. The van der Waals surface area contributed by atoms with Crippen LogP contribution in [0.15, 0.2) is 55.6 Å². The molecular formula is C33H46N2O6. The van der Waals surface area contributed by atoms with Gasteiger partial charge in [-0.15, -0.1) is 13.2 Å². The van der Waals surface area contributed by atoms with Crippen molar-refractivity contribution < 1.29 is 29.0 Å². The number of aliphatic hydroxyl groups excluding tert-OH is 1. The van der Waals surface area contributed by atoms with E-state index in [1.807, 2.05) is 44.2 Å². The van der Waals surface area contributed by atoms with E-state index in [1.54, 1.807) is 22.0 Å². The number of rotatable bonds is 15. The maximum atomic E-state index is 14.7. The van der Waals surface area contributed by atoms with Gasteiger partial charge in [0.15, 0.2) is 0 Å². The van der Waals surface area contributed by atoms with Crippen LogP contribution in [0.5, 0.6) is 0 Å². The zero-order chi connectivity index (χ0) is 29.8. The van der Waals surface area contributed by atoms with E-state index in [0.717, 1.165) is 18.4 Å². The van der Waals surface area contributed by atoms with Gasteiger partial charge in [-0.25, -0.2) is 0 Å². The second kappa shape index (κ2) is 12.9. The maximum absolute atomic E-state index is 14.7. The average Bonchev–Trinajstić information content (AvgIpc) is 3.58. The van der Waals surface area contributed by atoms with Gasteiger partial charge in [-0.2, -0.15) is 0 Å². The Kier molecular flexibility index (Phi) is 9.75. The number of aliphatic hydroxyl groups is 1. The smallest absolute Gasteiger partial charge is 0.312 e. The van der Waals surface area contributed by atoms with Crippen LogP contribution in [0.25, 0.3) is 0 Å². The van der Waals surface area contributed by atoms with Gasteiger partial charge < -0.3 is 24.4 Å². The van der Waals surface area contributed by atoms with Gasteiger partial charge in [0, 0.05) is 12.6 Å². The van der Waals surface area contributed by atoms with E-state index in [0.29, 0.717) is 38.6 Å². The third kappa shape index (κ3) is 5.37. The molecule has 41 heavy (non-hydrogen) atoms. The van der Waals surface area contributed by atoms with Crippen LogP contribution in [0.4, 0.5) is 0 Å². The quantitative estimate of drug-likeness (QED) is 0.195. The number of carbonyl (C=O) groups is 3. The first-order chi connectivity index (χ1) is 19.7. The molecule has 8 nitrogen and oxygen atoms in total. The number of amides is 2. The van der Waals surface area contributed by atoms with Crippen molar-refractivity contribution in [2.45, 2.75) is 95.0 Å². The molecule has 0 aliphatic carbocycles. The van der Waals surface area contributed by atoms with Crippen LogP contribution in [0.3, 0.4) is 0 Å². The minimum absolute atomic E-state index is 0.0852. The Morgan fingerprint density at radius 1 is 1.22 bits per heavy atom. The van der Waals surface area contributed by atoms with Crippen LogP contribution in [0.1, 0.15) is 64.9 Å². The summed E-state index contributed by atoms with van der Waals surface area (Å²) in [5.41, 5.74) is -1.11. The molecule has 3 unspecified atom stereocenters. The van der Waals surface area contributed by atoms with Gasteiger partial charge in [0.05, 0.1) is 30.8 Å². The molecule has 4 rings (SSSR count). The third-order valence-electron chi connectivity index (χ3n) is 9.44. The molecule has 3 aliphatic rings. The average molecular weight is 567 g/mol. The summed E-state index contributed by atoms with van der Waals surface area (Å²) in [5, 5.41) is 10.7. The minimum Gasteiger partial charge on any atom is -0.465 e. The minimum atomic E-state index is -1.18. The molecule has 224 valence electrons. The highest BCUT2D eigenvalue weighted by molar-refractivity contribution is 5.99. The first kappa shape index (κ1) is 31.0. The van der Waals surface area contributed by atoms with Crippen molar-refractivity contribution in [1.82, 2.24) is 9.80 Å². The lowest BCUT2D eigenvalue weighted by atomic mass is 9.65. The zero-order valence-corrected chi connectivity index (χ0v) is 24.8. The SMILES string of the molecule is C=CCCOC(=O)[C@@H]1[C@H]2C(=O)N([C@@H](CO)Cc3ccccc3)C(C(=O)N(CC=C)C(C)CCC)C23CC[C@@]1(CC)O3. The summed E-state index contributed by atoms with van der Waals surface area (Å²) in [5.74, 6) is -2.69. The van der Waals surface area contributed by atoms with Gasteiger partial charge in [-0.05, 0) is 51.0 Å². The van der Waals surface area contributed by atoms with Crippen molar-refractivity contribution >= 4 is 17.8 Å². The van der Waals surface area contributed by atoms with Gasteiger partial charge in [0.2, 0.25) is 11.8 Å². The molecule has 1 N–H and O–H groups in total. The summed E-state index contributed by atoms with van der Waals surface area (Å²) in [4.78, 5) is 46.2. The number of fused-ring (bicyclic) bond motifs is 1. The summed E-state index contributed by atoms with van der Waals surface area (Å²) in [6.45, 7) is 13.8. The van der Waals surface area contributed by atoms with Crippen molar-refractivity contribution in [1.29, 1.82) is 0 Å². The highest BCUT2D eigenvalue weighted by Gasteiger charge is 2.79. The Morgan fingerprint density at radius 2 is 1.95 bits per heavy atom. The topological polar surface area (TPSA) is 96.4 Å². The van der Waals surface area contributed by atoms with Crippen LogP contribution in [-0.4, -0.2) is 81.8 Å². The summed E-state index contributed by atoms with van der Waals surface area (Å²) in [6.07, 6.45) is 7.51. The van der Waals surface area contributed by atoms with E-state index in [-0.39, 0.29) is 31.1 Å². The summed E-state index contributed by atoms with van der Waals surface area (Å²) < 4.78 is 12.5. The van der Waals surface area contributed by atoms with Crippen molar-refractivity contribution in [3.63, 3.8) is 0 Å². The predicted octanol–water partition coefficient (Wildman–Crippen LogP) is 4.07. The fourth-order valence-electron chi connectivity index (χ4n) is 7.51. The predicted molar refractivity (Wildman–Crippen MR) is 157 cm³/mol. The second-order valence-electron chi connectivity index (χ2n) is 11.8. The fourth-order valence-corrected chi connectivity index (χ4v) is 7.51. The molecule has 7 atom stereocenters.